The molecule has 2 amide bonds. The van der Waals surface area contributed by atoms with Crippen molar-refractivity contribution in [3.8, 4) is 11.3 Å². The Morgan fingerprint density at radius 1 is 1.00 bits per heavy atom. The first kappa shape index (κ1) is 17.8. The number of rotatable bonds is 3. The van der Waals surface area contributed by atoms with Gasteiger partial charge in [-0.2, -0.15) is 0 Å². The standard InChI is InChI=1S/C18H18Cl2N2O3/c19-12-6-7-14(20)13(10-12)15-8-9-16(25-15)18(24)22-21-17(23)11-4-2-1-3-5-11/h6-11H,1-5H2,(H,21,23)(H,22,24). The van der Waals surface area contributed by atoms with E-state index in [4.69, 9.17) is 27.6 Å². The van der Waals surface area contributed by atoms with Crippen molar-refractivity contribution < 1.29 is 14.0 Å². The molecule has 1 saturated carbocycles. The normalized spacial score (nSPS) is 15.0. The predicted octanol–water partition coefficient (Wildman–Crippen LogP) is 4.59. The van der Waals surface area contributed by atoms with Crippen LogP contribution in [-0.4, -0.2) is 11.8 Å². The highest BCUT2D eigenvalue weighted by Gasteiger charge is 2.22. The first-order valence-corrected chi connectivity index (χ1v) is 8.95. The number of halogens is 2. The van der Waals surface area contributed by atoms with Gasteiger partial charge in [-0.3, -0.25) is 20.4 Å². The first-order chi connectivity index (χ1) is 12.0. The smallest absolute Gasteiger partial charge is 0.305 e. The van der Waals surface area contributed by atoms with E-state index in [0.717, 1.165) is 32.1 Å². The summed E-state index contributed by atoms with van der Waals surface area (Å²) in [5, 5.41) is 0.984. The number of benzene rings is 1. The lowest BCUT2D eigenvalue weighted by atomic mass is 9.89. The van der Waals surface area contributed by atoms with E-state index >= 15 is 0 Å². The van der Waals surface area contributed by atoms with Crippen LogP contribution in [0.1, 0.15) is 42.7 Å². The third-order valence-corrected chi connectivity index (χ3v) is 4.86. The molecule has 1 aromatic heterocycles. The van der Waals surface area contributed by atoms with E-state index in [1.54, 1.807) is 24.3 Å². The summed E-state index contributed by atoms with van der Waals surface area (Å²) in [6, 6.07) is 8.15. The molecule has 0 aliphatic heterocycles. The van der Waals surface area contributed by atoms with E-state index < -0.39 is 5.91 Å². The van der Waals surface area contributed by atoms with Crippen LogP contribution in [0.3, 0.4) is 0 Å². The molecule has 1 aromatic carbocycles. The third kappa shape index (κ3) is 4.35. The summed E-state index contributed by atoms with van der Waals surface area (Å²) in [6.07, 6.45) is 4.99. The maximum Gasteiger partial charge on any atom is 0.305 e. The fourth-order valence-electron chi connectivity index (χ4n) is 2.94. The number of nitrogens with one attached hydrogen (secondary N) is 2. The highest BCUT2D eigenvalue weighted by molar-refractivity contribution is 6.35. The fourth-order valence-corrected chi connectivity index (χ4v) is 3.32. The Balaban J connectivity index is 1.62. The van der Waals surface area contributed by atoms with Crippen molar-refractivity contribution in [1.82, 2.24) is 10.9 Å². The molecular formula is C18H18Cl2N2O3. The molecule has 1 heterocycles. The van der Waals surface area contributed by atoms with Gasteiger partial charge in [0.15, 0.2) is 5.76 Å². The second kappa shape index (κ2) is 7.93. The summed E-state index contributed by atoms with van der Waals surface area (Å²) < 4.78 is 5.54. The summed E-state index contributed by atoms with van der Waals surface area (Å²) in [4.78, 5) is 24.2. The molecule has 0 saturated heterocycles. The second-order valence-electron chi connectivity index (χ2n) is 6.07. The first-order valence-electron chi connectivity index (χ1n) is 8.20. The highest BCUT2D eigenvalue weighted by atomic mass is 35.5. The molecule has 3 rings (SSSR count). The molecule has 5 nitrogen and oxygen atoms in total. The van der Waals surface area contributed by atoms with Crippen LogP contribution in [-0.2, 0) is 4.79 Å². The van der Waals surface area contributed by atoms with E-state index in [-0.39, 0.29) is 17.6 Å². The van der Waals surface area contributed by atoms with Crippen molar-refractivity contribution in [3.05, 3.63) is 46.1 Å². The number of furan rings is 1. The van der Waals surface area contributed by atoms with E-state index in [0.29, 0.717) is 21.4 Å². The van der Waals surface area contributed by atoms with E-state index in [2.05, 4.69) is 10.9 Å². The van der Waals surface area contributed by atoms with Gasteiger partial charge in [0.2, 0.25) is 5.91 Å². The number of hydrazine groups is 1. The minimum atomic E-state index is -0.520. The van der Waals surface area contributed by atoms with Crippen LogP contribution in [0, 0.1) is 5.92 Å². The lowest BCUT2D eigenvalue weighted by Crippen LogP contribution is -2.44. The van der Waals surface area contributed by atoms with Gasteiger partial charge in [-0.25, -0.2) is 0 Å². The number of carbonyl (C=O) groups excluding carboxylic acids is 2. The summed E-state index contributed by atoms with van der Waals surface area (Å²) in [7, 11) is 0. The lowest BCUT2D eigenvalue weighted by molar-refractivity contribution is -0.126. The minimum absolute atomic E-state index is 0.0357. The molecule has 1 fully saturated rings. The van der Waals surface area contributed by atoms with Gasteiger partial charge in [0.25, 0.3) is 0 Å². The van der Waals surface area contributed by atoms with Crippen molar-refractivity contribution in [2.24, 2.45) is 5.92 Å². The number of hydrogen-bond acceptors (Lipinski definition) is 3. The molecule has 0 spiro atoms. The molecule has 132 valence electrons. The van der Waals surface area contributed by atoms with Crippen LogP contribution in [0.15, 0.2) is 34.7 Å². The van der Waals surface area contributed by atoms with Crippen LogP contribution < -0.4 is 10.9 Å². The zero-order valence-electron chi connectivity index (χ0n) is 13.5. The van der Waals surface area contributed by atoms with Gasteiger partial charge in [0.1, 0.15) is 5.76 Å². The quantitative estimate of drug-likeness (QED) is 0.764. The van der Waals surface area contributed by atoms with Crippen LogP contribution in [0.2, 0.25) is 10.0 Å². The number of amides is 2. The average Bonchev–Trinajstić information content (AvgIpc) is 3.12. The Morgan fingerprint density at radius 3 is 2.52 bits per heavy atom. The van der Waals surface area contributed by atoms with E-state index in [1.807, 2.05) is 0 Å². The maximum absolute atomic E-state index is 12.1. The second-order valence-corrected chi connectivity index (χ2v) is 6.91. The molecule has 0 unspecified atom stereocenters. The van der Waals surface area contributed by atoms with Gasteiger partial charge in [0, 0.05) is 16.5 Å². The number of hydrogen-bond donors (Lipinski definition) is 2. The van der Waals surface area contributed by atoms with Crippen LogP contribution >= 0.6 is 23.2 Å². The Morgan fingerprint density at radius 2 is 1.76 bits per heavy atom. The Bertz CT molecular complexity index is 782. The molecule has 25 heavy (non-hydrogen) atoms. The molecule has 7 heteroatoms. The van der Waals surface area contributed by atoms with E-state index in [1.165, 1.54) is 6.07 Å². The molecule has 1 aliphatic rings. The van der Waals surface area contributed by atoms with Crippen molar-refractivity contribution >= 4 is 35.0 Å². The van der Waals surface area contributed by atoms with Gasteiger partial charge in [0.05, 0.1) is 5.02 Å². The van der Waals surface area contributed by atoms with Crippen molar-refractivity contribution in [3.63, 3.8) is 0 Å². The third-order valence-electron chi connectivity index (χ3n) is 4.30. The van der Waals surface area contributed by atoms with Gasteiger partial charge in [-0.15, -0.1) is 0 Å². The minimum Gasteiger partial charge on any atom is -0.451 e. The lowest BCUT2D eigenvalue weighted by Gasteiger charge is -2.20. The van der Waals surface area contributed by atoms with E-state index in [9.17, 15) is 9.59 Å². The molecule has 0 bridgehead atoms. The topological polar surface area (TPSA) is 71.3 Å². The molecular weight excluding hydrogens is 363 g/mol. The molecule has 0 radical (unpaired) electrons. The Kier molecular flexibility index (Phi) is 5.66. The van der Waals surface area contributed by atoms with Crippen LogP contribution in [0.25, 0.3) is 11.3 Å². The monoisotopic (exact) mass is 380 g/mol. The zero-order chi connectivity index (χ0) is 17.8. The van der Waals surface area contributed by atoms with Crippen LogP contribution in [0.5, 0.6) is 0 Å². The van der Waals surface area contributed by atoms with Crippen molar-refractivity contribution in [1.29, 1.82) is 0 Å². The van der Waals surface area contributed by atoms with Crippen molar-refractivity contribution in [2.75, 3.05) is 0 Å². The predicted molar refractivity (Wildman–Crippen MR) is 96.3 cm³/mol. The average molecular weight is 381 g/mol. The number of carbonyl (C=O) groups is 2. The molecule has 0 atom stereocenters. The highest BCUT2D eigenvalue weighted by Crippen LogP contribution is 2.31. The SMILES string of the molecule is O=C(NNC(=O)C1CCCCC1)c1ccc(-c2cc(Cl)ccc2Cl)o1. The summed E-state index contributed by atoms with van der Waals surface area (Å²) in [5.74, 6) is -0.205. The Labute approximate surface area is 155 Å². The molecule has 1 aliphatic carbocycles. The summed E-state index contributed by atoms with van der Waals surface area (Å²) in [6.45, 7) is 0. The zero-order valence-corrected chi connectivity index (χ0v) is 15.0. The summed E-state index contributed by atoms with van der Waals surface area (Å²) in [5.41, 5.74) is 5.47. The molecule has 2 N–H and O–H groups in total. The maximum atomic E-state index is 12.1. The molecule has 2 aromatic rings. The van der Waals surface area contributed by atoms with Crippen LogP contribution in [0.4, 0.5) is 0 Å². The van der Waals surface area contributed by atoms with Gasteiger partial charge in [-0.1, -0.05) is 42.5 Å². The Hall–Kier alpha value is -1.98. The summed E-state index contributed by atoms with van der Waals surface area (Å²) >= 11 is 12.1. The van der Waals surface area contributed by atoms with Crippen molar-refractivity contribution in [2.45, 2.75) is 32.1 Å². The van der Waals surface area contributed by atoms with Gasteiger partial charge < -0.3 is 4.42 Å². The van der Waals surface area contributed by atoms with Gasteiger partial charge in [-0.05, 0) is 43.2 Å². The fraction of sp³-hybridized carbons (Fsp3) is 0.333. The van der Waals surface area contributed by atoms with Gasteiger partial charge >= 0.3 is 5.91 Å². The largest absolute Gasteiger partial charge is 0.451 e.